The van der Waals surface area contributed by atoms with Crippen molar-refractivity contribution in [3.8, 4) is 0 Å². The van der Waals surface area contributed by atoms with Gasteiger partial charge in [0.05, 0.1) is 12.1 Å². The highest BCUT2D eigenvalue weighted by molar-refractivity contribution is 6.31. The Labute approximate surface area is 261 Å². The maximum absolute atomic E-state index is 9.10. The summed E-state index contributed by atoms with van der Waals surface area (Å²) in [6.07, 6.45) is 5.11. The second-order valence-electron chi connectivity index (χ2n) is 12.5. The maximum atomic E-state index is 9.10. The van der Waals surface area contributed by atoms with Crippen molar-refractivity contribution in [3.63, 3.8) is 0 Å². The van der Waals surface area contributed by atoms with Gasteiger partial charge in [-0.3, -0.25) is 4.98 Å². The lowest BCUT2D eigenvalue weighted by Crippen LogP contribution is -2.70. The molecule has 0 radical (unpaired) electrons. The van der Waals surface area contributed by atoms with Crippen molar-refractivity contribution in [2.45, 2.75) is 83.4 Å². The molecule has 1 aromatic carbocycles. The number of anilines is 1. The van der Waals surface area contributed by atoms with Gasteiger partial charge in [-0.15, -0.1) is 0 Å². The number of pyridine rings is 1. The van der Waals surface area contributed by atoms with E-state index >= 15 is 0 Å². The number of nitrogens with one attached hydrogen (secondary N) is 2. The summed E-state index contributed by atoms with van der Waals surface area (Å²) in [4.78, 5) is 34.7. The number of carboxylic acids is 2. The van der Waals surface area contributed by atoms with Crippen LogP contribution in [0, 0.1) is 23.7 Å². The number of fused-ring (bicyclic) bond motifs is 3. The second-order valence-corrected chi connectivity index (χ2v) is 12.9. The minimum absolute atomic E-state index is 0.184. The van der Waals surface area contributed by atoms with Crippen LogP contribution in [0.25, 0.3) is 10.9 Å². The fourth-order valence-electron chi connectivity index (χ4n) is 7.15. The first-order chi connectivity index (χ1) is 20.9. The molecule has 2 bridgehead atoms. The molecule has 5 aliphatic rings. The molecule has 4 saturated heterocycles. The monoisotopic (exact) mass is 635 g/mol. The molecule has 9 atom stereocenters. The summed E-state index contributed by atoms with van der Waals surface area (Å²) in [5, 5.41) is 23.6. The summed E-state index contributed by atoms with van der Waals surface area (Å²) >= 11 is 6.12. The van der Waals surface area contributed by atoms with Gasteiger partial charge in [-0.05, 0) is 69.2 Å². The van der Waals surface area contributed by atoms with Crippen molar-refractivity contribution in [3.05, 3.63) is 35.5 Å². The smallest absolute Gasteiger partial charge is 0.414 e. The average molecular weight is 636 g/mol. The van der Waals surface area contributed by atoms with E-state index in [9.17, 15) is 0 Å². The van der Waals surface area contributed by atoms with Gasteiger partial charge in [0.15, 0.2) is 18.2 Å². The third kappa shape index (κ3) is 6.67. The fraction of sp³-hybridized carbons (Fsp3) is 0.645. The van der Waals surface area contributed by atoms with E-state index in [4.69, 9.17) is 55.4 Å². The summed E-state index contributed by atoms with van der Waals surface area (Å²) in [6.45, 7) is 10.7. The molecule has 1 aromatic heterocycles. The zero-order valence-corrected chi connectivity index (χ0v) is 26.2. The lowest BCUT2D eigenvalue weighted by atomic mass is 9.58. The molecular formula is C31H42ClN3O9. The molecule has 12 nitrogen and oxygen atoms in total. The van der Waals surface area contributed by atoms with Crippen molar-refractivity contribution in [2.75, 3.05) is 25.0 Å². The highest BCUT2D eigenvalue weighted by atomic mass is 35.5. The minimum Gasteiger partial charge on any atom is -0.473 e. The number of aromatic nitrogens is 1. The first kappa shape index (κ1) is 32.8. The molecule has 5 heterocycles. The number of hydrogen-bond acceptors (Lipinski definition) is 10. The minimum atomic E-state index is -1.82. The van der Waals surface area contributed by atoms with Gasteiger partial charge in [-0.25, -0.2) is 19.4 Å². The van der Waals surface area contributed by atoms with Crippen molar-refractivity contribution in [1.82, 2.24) is 10.3 Å². The zero-order chi connectivity index (χ0) is 31.6. The normalized spacial score (nSPS) is 34.7. The molecule has 1 saturated carbocycles. The number of carbonyl (C=O) groups is 2. The molecule has 13 heteroatoms. The van der Waals surface area contributed by atoms with Gasteiger partial charge in [0.2, 0.25) is 5.79 Å². The van der Waals surface area contributed by atoms with Gasteiger partial charge in [-0.2, -0.15) is 0 Å². The second kappa shape index (κ2) is 13.4. The SMILES string of the molecule is CC(CNc1ccnc2cc(Cl)ccc12)NCCO[C@H]1O[C@@H]2O[C@@]3(C)CC[C@H]4[C@H](C)CC[C@@H]([C@H]1C)[C@@]24OO3.O=C(O)C(=O)O. The van der Waals surface area contributed by atoms with Crippen molar-refractivity contribution in [2.24, 2.45) is 23.7 Å². The number of halogens is 1. The molecule has 1 spiro atoms. The molecular weight excluding hydrogens is 594 g/mol. The van der Waals surface area contributed by atoms with E-state index in [1.807, 2.05) is 31.2 Å². The number of ether oxygens (including phenoxy) is 3. The number of nitrogens with zero attached hydrogens (tertiary/aromatic N) is 1. The van der Waals surface area contributed by atoms with E-state index in [-0.39, 0.29) is 24.2 Å². The largest absolute Gasteiger partial charge is 0.473 e. The summed E-state index contributed by atoms with van der Waals surface area (Å²) in [7, 11) is 0. The van der Waals surface area contributed by atoms with Gasteiger partial charge in [0.1, 0.15) is 0 Å². The molecule has 4 N–H and O–H groups in total. The molecule has 0 amide bonds. The Hall–Kier alpha value is -2.58. The van der Waals surface area contributed by atoms with Gasteiger partial charge >= 0.3 is 11.9 Å². The van der Waals surface area contributed by atoms with Gasteiger partial charge < -0.3 is 35.1 Å². The van der Waals surface area contributed by atoms with Crippen LogP contribution in [0.4, 0.5) is 5.69 Å². The summed E-state index contributed by atoms with van der Waals surface area (Å²) in [5.41, 5.74) is 1.39. The van der Waals surface area contributed by atoms with E-state index in [1.54, 1.807) is 6.20 Å². The Morgan fingerprint density at radius 2 is 1.91 bits per heavy atom. The van der Waals surface area contributed by atoms with Gasteiger partial charge in [-0.1, -0.05) is 25.4 Å². The lowest BCUT2D eigenvalue weighted by molar-refractivity contribution is -0.577. The van der Waals surface area contributed by atoms with Crippen LogP contribution in [0.2, 0.25) is 5.02 Å². The molecule has 5 fully saturated rings. The molecule has 44 heavy (non-hydrogen) atoms. The summed E-state index contributed by atoms with van der Waals surface area (Å²) in [6, 6.07) is 8.02. The van der Waals surface area contributed by atoms with E-state index in [0.717, 1.165) is 48.9 Å². The molecule has 4 aliphatic heterocycles. The van der Waals surface area contributed by atoms with Crippen molar-refractivity contribution < 1.29 is 43.8 Å². The van der Waals surface area contributed by atoms with E-state index in [0.29, 0.717) is 23.5 Å². The van der Waals surface area contributed by atoms with Crippen LogP contribution in [0.15, 0.2) is 30.5 Å². The topological polar surface area (TPSA) is 158 Å². The Kier molecular flexibility index (Phi) is 10.0. The van der Waals surface area contributed by atoms with E-state index in [2.05, 4.69) is 36.4 Å². The number of benzene rings is 1. The first-order valence-electron chi connectivity index (χ1n) is 15.2. The average Bonchev–Trinajstić information content (AvgIpc) is 3.22. The molecule has 1 aliphatic carbocycles. The van der Waals surface area contributed by atoms with Crippen LogP contribution in [0.5, 0.6) is 0 Å². The van der Waals surface area contributed by atoms with Crippen LogP contribution in [0.1, 0.15) is 53.4 Å². The first-order valence-corrected chi connectivity index (χ1v) is 15.6. The predicted molar refractivity (Wildman–Crippen MR) is 161 cm³/mol. The van der Waals surface area contributed by atoms with E-state index < -0.39 is 29.6 Å². The van der Waals surface area contributed by atoms with Gasteiger partial charge in [0, 0.05) is 59.7 Å². The third-order valence-corrected chi connectivity index (χ3v) is 9.70. The molecule has 7 rings (SSSR count). The van der Waals surface area contributed by atoms with Crippen LogP contribution in [-0.2, 0) is 33.6 Å². The fourth-order valence-corrected chi connectivity index (χ4v) is 7.32. The van der Waals surface area contributed by atoms with Crippen molar-refractivity contribution >= 4 is 40.1 Å². The Bertz CT molecular complexity index is 1340. The zero-order valence-electron chi connectivity index (χ0n) is 25.5. The summed E-state index contributed by atoms with van der Waals surface area (Å²) in [5.74, 6) is -3.04. The Balaban J connectivity index is 0.000000584. The maximum Gasteiger partial charge on any atom is 0.414 e. The Morgan fingerprint density at radius 3 is 2.66 bits per heavy atom. The van der Waals surface area contributed by atoms with Crippen molar-refractivity contribution in [1.29, 1.82) is 0 Å². The van der Waals surface area contributed by atoms with Crippen LogP contribution < -0.4 is 10.6 Å². The predicted octanol–water partition coefficient (Wildman–Crippen LogP) is 4.66. The van der Waals surface area contributed by atoms with Gasteiger partial charge in [0.25, 0.3) is 0 Å². The van der Waals surface area contributed by atoms with Crippen LogP contribution >= 0.6 is 11.6 Å². The molecule has 1 unspecified atom stereocenters. The number of rotatable bonds is 8. The molecule has 2 aromatic rings. The number of aliphatic carboxylic acids is 2. The number of hydrogen-bond donors (Lipinski definition) is 4. The molecule has 242 valence electrons. The highest BCUT2D eigenvalue weighted by Gasteiger charge is 2.69. The highest BCUT2D eigenvalue weighted by Crippen LogP contribution is 2.60. The van der Waals surface area contributed by atoms with Crippen LogP contribution in [0.3, 0.4) is 0 Å². The van der Waals surface area contributed by atoms with E-state index in [1.165, 1.54) is 6.42 Å². The summed E-state index contributed by atoms with van der Waals surface area (Å²) < 4.78 is 19.3. The lowest BCUT2D eigenvalue weighted by Gasteiger charge is -2.60. The third-order valence-electron chi connectivity index (χ3n) is 9.46. The van der Waals surface area contributed by atoms with Crippen LogP contribution in [-0.4, -0.2) is 76.8 Å². The number of carboxylic acid groups (broad SMARTS) is 2. The standard InChI is InChI=1S/C29H40ClN3O5.C2H2O4/c1-17-5-8-23-19(3)26(35-27-29(23)22(17)9-11-28(4,36-27)37-38-29)34-14-13-31-18(2)16-33-24-10-12-32-25-15-20(30)6-7-21(24)25;3-1(4)2(5)6/h6-7,10,12,15,17-19,22-23,26-27,31H,5,8-9,11,13-14,16H2,1-4H3,(H,32,33);(H,3,4)(H,5,6)/t17-,18?,19-,22+,23+,26+,27-,28-,29-;/m1./s1. The quantitative estimate of drug-likeness (QED) is 0.181. The Morgan fingerprint density at radius 1 is 1.14 bits per heavy atom.